The number of ether oxygens (including phenoxy) is 1. The SMILES string of the molecule is C[C@H]1CN(C(=O)[C@@H]2CCCCN2Cc2cccnc2)CC(C)(C)O1. The summed E-state index contributed by atoms with van der Waals surface area (Å²) in [6, 6.07) is 4.03. The summed E-state index contributed by atoms with van der Waals surface area (Å²) in [5.41, 5.74) is 0.906. The third-order valence-corrected chi connectivity index (χ3v) is 4.89. The lowest BCUT2D eigenvalue weighted by atomic mass is 9.98. The minimum atomic E-state index is -0.268. The Morgan fingerprint density at radius 3 is 2.96 bits per heavy atom. The van der Waals surface area contributed by atoms with Crippen molar-refractivity contribution >= 4 is 5.91 Å². The van der Waals surface area contributed by atoms with Crippen LogP contribution in [0.1, 0.15) is 45.6 Å². The minimum absolute atomic E-state index is 0.0138. The number of hydrogen-bond acceptors (Lipinski definition) is 4. The van der Waals surface area contributed by atoms with Gasteiger partial charge in [0.05, 0.1) is 17.7 Å². The average Bonchev–Trinajstić information content (AvgIpc) is 2.54. The molecule has 0 unspecified atom stereocenters. The van der Waals surface area contributed by atoms with E-state index in [4.69, 9.17) is 4.74 Å². The van der Waals surface area contributed by atoms with Crippen molar-refractivity contribution in [3.63, 3.8) is 0 Å². The molecular weight excluding hydrogens is 302 g/mol. The van der Waals surface area contributed by atoms with Crippen LogP contribution in [0.3, 0.4) is 0 Å². The smallest absolute Gasteiger partial charge is 0.240 e. The van der Waals surface area contributed by atoms with E-state index in [1.165, 1.54) is 5.56 Å². The van der Waals surface area contributed by atoms with Crippen LogP contribution in [0.15, 0.2) is 24.5 Å². The van der Waals surface area contributed by atoms with Crippen LogP contribution in [-0.4, -0.2) is 58.1 Å². The summed E-state index contributed by atoms with van der Waals surface area (Å²) in [7, 11) is 0. The first-order chi connectivity index (χ1) is 11.4. The molecule has 0 saturated carbocycles. The molecule has 1 aromatic rings. The van der Waals surface area contributed by atoms with Crippen LogP contribution < -0.4 is 0 Å². The number of piperidine rings is 1. The maximum absolute atomic E-state index is 13.2. The van der Waals surface area contributed by atoms with Crippen LogP contribution in [0, 0.1) is 0 Å². The van der Waals surface area contributed by atoms with Gasteiger partial charge in [-0.05, 0) is 51.8 Å². The summed E-state index contributed by atoms with van der Waals surface area (Å²) in [6.07, 6.45) is 7.02. The van der Waals surface area contributed by atoms with Crippen molar-refractivity contribution < 1.29 is 9.53 Å². The van der Waals surface area contributed by atoms with Gasteiger partial charge < -0.3 is 9.64 Å². The normalized spacial score (nSPS) is 27.9. The Balaban J connectivity index is 1.71. The molecule has 2 atom stereocenters. The first-order valence-electron chi connectivity index (χ1n) is 9.04. The zero-order valence-corrected chi connectivity index (χ0v) is 15.1. The summed E-state index contributed by atoms with van der Waals surface area (Å²) >= 11 is 0. The summed E-state index contributed by atoms with van der Waals surface area (Å²) in [5, 5.41) is 0. The number of pyridine rings is 1. The van der Waals surface area contributed by atoms with Gasteiger partial charge >= 0.3 is 0 Å². The molecule has 2 saturated heterocycles. The summed E-state index contributed by atoms with van der Waals surface area (Å²) in [6.45, 7) is 9.33. The largest absolute Gasteiger partial charge is 0.369 e. The molecule has 5 heteroatoms. The fraction of sp³-hybridized carbons (Fsp3) is 0.684. The molecule has 24 heavy (non-hydrogen) atoms. The van der Waals surface area contributed by atoms with E-state index in [0.717, 1.165) is 32.4 Å². The van der Waals surface area contributed by atoms with Gasteiger partial charge in [0, 0.05) is 32.0 Å². The molecule has 2 fully saturated rings. The van der Waals surface area contributed by atoms with Crippen LogP contribution in [0.2, 0.25) is 0 Å². The molecule has 0 aliphatic carbocycles. The van der Waals surface area contributed by atoms with E-state index in [2.05, 4.69) is 36.7 Å². The highest BCUT2D eigenvalue weighted by molar-refractivity contribution is 5.82. The lowest BCUT2D eigenvalue weighted by Crippen LogP contribution is -2.58. The first-order valence-corrected chi connectivity index (χ1v) is 9.04. The van der Waals surface area contributed by atoms with Crippen LogP contribution >= 0.6 is 0 Å². The average molecular weight is 331 g/mol. The van der Waals surface area contributed by atoms with E-state index in [1.54, 1.807) is 6.20 Å². The van der Waals surface area contributed by atoms with E-state index in [-0.39, 0.29) is 23.7 Å². The summed E-state index contributed by atoms with van der Waals surface area (Å²) in [5.74, 6) is 0.266. The van der Waals surface area contributed by atoms with E-state index in [1.807, 2.05) is 17.2 Å². The number of rotatable bonds is 3. The molecule has 2 aliphatic heterocycles. The zero-order chi connectivity index (χ0) is 17.2. The van der Waals surface area contributed by atoms with Gasteiger partial charge in [-0.1, -0.05) is 12.5 Å². The zero-order valence-electron chi connectivity index (χ0n) is 15.1. The topological polar surface area (TPSA) is 45.7 Å². The second-order valence-electron chi connectivity index (χ2n) is 7.75. The Bertz CT molecular complexity index is 561. The molecule has 132 valence electrons. The number of aromatic nitrogens is 1. The van der Waals surface area contributed by atoms with Crippen molar-refractivity contribution in [2.75, 3.05) is 19.6 Å². The summed E-state index contributed by atoms with van der Waals surface area (Å²) in [4.78, 5) is 21.7. The van der Waals surface area contributed by atoms with Crippen LogP contribution in [0.25, 0.3) is 0 Å². The molecule has 0 N–H and O–H groups in total. The van der Waals surface area contributed by atoms with E-state index in [0.29, 0.717) is 13.1 Å². The van der Waals surface area contributed by atoms with Crippen molar-refractivity contribution in [1.82, 2.24) is 14.8 Å². The third-order valence-electron chi connectivity index (χ3n) is 4.89. The maximum Gasteiger partial charge on any atom is 0.240 e. The number of morpholine rings is 1. The highest BCUT2D eigenvalue weighted by Crippen LogP contribution is 2.26. The van der Waals surface area contributed by atoms with Crippen molar-refractivity contribution in [2.24, 2.45) is 0 Å². The Kier molecular flexibility index (Phi) is 5.21. The van der Waals surface area contributed by atoms with Crippen molar-refractivity contribution in [2.45, 2.75) is 64.3 Å². The number of carbonyl (C=O) groups excluding carboxylic acids is 1. The van der Waals surface area contributed by atoms with E-state index < -0.39 is 0 Å². The number of carbonyl (C=O) groups is 1. The maximum atomic E-state index is 13.2. The van der Waals surface area contributed by atoms with Crippen molar-refractivity contribution in [3.05, 3.63) is 30.1 Å². The molecule has 1 aromatic heterocycles. The third kappa shape index (κ3) is 4.14. The molecule has 0 radical (unpaired) electrons. The molecule has 0 aromatic carbocycles. The Labute approximate surface area is 145 Å². The van der Waals surface area contributed by atoms with Crippen molar-refractivity contribution in [3.8, 4) is 0 Å². The van der Waals surface area contributed by atoms with E-state index in [9.17, 15) is 4.79 Å². The standard InChI is InChI=1S/C19H29N3O2/c1-15-12-22(14-19(2,3)24-15)18(23)17-8-4-5-10-21(17)13-16-7-6-9-20-11-16/h6-7,9,11,15,17H,4-5,8,10,12-14H2,1-3H3/t15-,17-/m0/s1. The van der Waals surface area contributed by atoms with Crippen LogP contribution in [-0.2, 0) is 16.1 Å². The Hall–Kier alpha value is -1.46. The molecule has 0 spiro atoms. The quantitative estimate of drug-likeness (QED) is 0.853. The molecular formula is C19H29N3O2. The monoisotopic (exact) mass is 331 g/mol. The second kappa shape index (κ2) is 7.19. The van der Waals surface area contributed by atoms with Gasteiger partial charge in [-0.3, -0.25) is 14.7 Å². The number of likely N-dealkylation sites (tertiary alicyclic amines) is 1. The molecule has 1 amide bonds. The number of hydrogen-bond donors (Lipinski definition) is 0. The summed E-state index contributed by atoms with van der Waals surface area (Å²) < 4.78 is 5.95. The van der Waals surface area contributed by atoms with Gasteiger partial charge in [0.1, 0.15) is 0 Å². The molecule has 5 nitrogen and oxygen atoms in total. The van der Waals surface area contributed by atoms with Gasteiger partial charge in [0.25, 0.3) is 0 Å². The van der Waals surface area contributed by atoms with Gasteiger partial charge in [0.2, 0.25) is 5.91 Å². The molecule has 0 bridgehead atoms. The van der Waals surface area contributed by atoms with Gasteiger partial charge in [-0.25, -0.2) is 0 Å². The van der Waals surface area contributed by atoms with E-state index >= 15 is 0 Å². The van der Waals surface area contributed by atoms with Crippen LogP contribution in [0.5, 0.6) is 0 Å². The predicted molar refractivity (Wildman–Crippen MR) is 93.5 cm³/mol. The molecule has 2 aliphatic rings. The molecule has 3 heterocycles. The number of amides is 1. The number of nitrogens with zero attached hydrogens (tertiary/aromatic N) is 3. The fourth-order valence-electron chi connectivity index (χ4n) is 4.02. The van der Waals surface area contributed by atoms with Gasteiger partial charge in [0.15, 0.2) is 0 Å². The Morgan fingerprint density at radius 2 is 2.25 bits per heavy atom. The predicted octanol–water partition coefficient (Wildman–Crippen LogP) is 2.46. The van der Waals surface area contributed by atoms with Gasteiger partial charge in [-0.15, -0.1) is 0 Å². The lowest BCUT2D eigenvalue weighted by molar-refractivity contribution is -0.163. The van der Waals surface area contributed by atoms with Gasteiger partial charge in [-0.2, -0.15) is 0 Å². The van der Waals surface area contributed by atoms with Crippen LogP contribution in [0.4, 0.5) is 0 Å². The van der Waals surface area contributed by atoms with Crippen molar-refractivity contribution in [1.29, 1.82) is 0 Å². The second-order valence-corrected chi connectivity index (χ2v) is 7.75. The highest BCUT2D eigenvalue weighted by Gasteiger charge is 2.38. The fourth-order valence-corrected chi connectivity index (χ4v) is 4.02. The first kappa shape index (κ1) is 17.4. The lowest BCUT2D eigenvalue weighted by Gasteiger charge is -2.45. The Morgan fingerprint density at radius 1 is 1.42 bits per heavy atom. The highest BCUT2D eigenvalue weighted by atomic mass is 16.5. The minimum Gasteiger partial charge on any atom is -0.369 e. The molecule has 3 rings (SSSR count).